The molecule has 0 atom stereocenters. The summed E-state index contributed by atoms with van der Waals surface area (Å²) in [5.74, 6) is -2.82. The molecule has 0 aliphatic heterocycles. The SMILES string of the molecule is O=C(O)c1ncccc1OCc1c(F)cccc1F. The summed E-state index contributed by atoms with van der Waals surface area (Å²) in [7, 11) is 0. The van der Waals surface area contributed by atoms with E-state index in [1.807, 2.05) is 0 Å². The van der Waals surface area contributed by atoms with Crippen molar-refractivity contribution in [3.8, 4) is 5.75 Å². The summed E-state index contributed by atoms with van der Waals surface area (Å²) in [6.45, 7) is -0.412. The van der Waals surface area contributed by atoms with Gasteiger partial charge in [-0.2, -0.15) is 0 Å². The van der Waals surface area contributed by atoms with Crippen molar-refractivity contribution in [2.24, 2.45) is 0 Å². The molecule has 2 aromatic rings. The number of benzene rings is 1. The van der Waals surface area contributed by atoms with Crippen LogP contribution in [0.5, 0.6) is 5.75 Å². The van der Waals surface area contributed by atoms with E-state index < -0.39 is 24.2 Å². The molecule has 1 aromatic carbocycles. The number of pyridine rings is 1. The summed E-state index contributed by atoms with van der Waals surface area (Å²) >= 11 is 0. The Morgan fingerprint density at radius 1 is 1.21 bits per heavy atom. The van der Waals surface area contributed by atoms with E-state index in [9.17, 15) is 13.6 Å². The monoisotopic (exact) mass is 265 g/mol. The van der Waals surface area contributed by atoms with Crippen molar-refractivity contribution < 1.29 is 23.4 Å². The number of hydrogen-bond donors (Lipinski definition) is 1. The number of aromatic nitrogens is 1. The maximum absolute atomic E-state index is 13.4. The second-order valence-corrected chi connectivity index (χ2v) is 3.64. The molecule has 4 nitrogen and oxygen atoms in total. The average molecular weight is 265 g/mol. The Morgan fingerprint density at radius 3 is 2.53 bits per heavy atom. The van der Waals surface area contributed by atoms with Crippen LogP contribution in [0.3, 0.4) is 0 Å². The Kier molecular flexibility index (Phi) is 3.70. The van der Waals surface area contributed by atoms with Crippen LogP contribution in [0.15, 0.2) is 36.5 Å². The second-order valence-electron chi connectivity index (χ2n) is 3.64. The maximum Gasteiger partial charge on any atom is 0.358 e. The molecule has 0 unspecified atom stereocenters. The summed E-state index contributed by atoms with van der Waals surface area (Å²) in [4.78, 5) is 14.5. The normalized spacial score (nSPS) is 10.2. The van der Waals surface area contributed by atoms with Crippen LogP contribution in [-0.4, -0.2) is 16.1 Å². The first-order valence-electron chi connectivity index (χ1n) is 5.33. The van der Waals surface area contributed by atoms with E-state index in [1.54, 1.807) is 0 Å². The average Bonchev–Trinajstić information content (AvgIpc) is 2.38. The number of aromatic carboxylic acids is 1. The van der Waals surface area contributed by atoms with Crippen molar-refractivity contribution in [1.29, 1.82) is 0 Å². The molecule has 2 rings (SSSR count). The molecule has 0 aliphatic rings. The molecule has 19 heavy (non-hydrogen) atoms. The first-order valence-corrected chi connectivity index (χ1v) is 5.33. The van der Waals surface area contributed by atoms with Crippen molar-refractivity contribution in [2.45, 2.75) is 6.61 Å². The Morgan fingerprint density at radius 2 is 1.89 bits per heavy atom. The smallest absolute Gasteiger partial charge is 0.358 e. The van der Waals surface area contributed by atoms with Crippen LogP contribution in [0.2, 0.25) is 0 Å². The molecule has 0 aliphatic carbocycles. The zero-order chi connectivity index (χ0) is 13.8. The first kappa shape index (κ1) is 12.9. The van der Waals surface area contributed by atoms with Crippen LogP contribution < -0.4 is 4.74 Å². The van der Waals surface area contributed by atoms with Gasteiger partial charge in [0.1, 0.15) is 18.2 Å². The largest absolute Gasteiger partial charge is 0.486 e. The fraction of sp³-hybridized carbons (Fsp3) is 0.0769. The number of carboxylic acids is 1. The van der Waals surface area contributed by atoms with Gasteiger partial charge in [-0.25, -0.2) is 18.6 Å². The maximum atomic E-state index is 13.4. The molecular formula is C13H9F2NO3. The topological polar surface area (TPSA) is 59.4 Å². The van der Waals surface area contributed by atoms with E-state index in [1.165, 1.54) is 24.4 Å². The van der Waals surface area contributed by atoms with Gasteiger partial charge in [0, 0.05) is 6.20 Å². The molecular weight excluding hydrogens is 256 g/mol. The summed E-state index contributed by atoms with van der Waals surface area (Å²) in [6.07, 6.45) is 1.29. The molecule has 0 saturated heterocycles. The minimum absolute atomic E-state index is 0.0438. The Hall–Kier alpha value is -2.50. The predicted octanol–water partition coefficient (Wildman–Crippen LogP) is 2.64. The second kappa shape index (κ2) is 5.43. The van der Waals surface area contributed by atoms with Crippen LogP contribution in [0, 0.1) is 11.6 Å². The molecule has 1 heterocycles. The molecule has 0 fully saturated rings. The van der Waals surface area contributed by atoms with Gasteiger partial charge in [-0.3, -0.25) is 0 Å². The van der Waals surface area contributed by atoms with E-state index in [0.717, 1.165) is 12.1 Å². The summed E-state index contributed by atoms with van der Waals surface area (Å²) in [6, 6.07) is 6.28. The lowest BCUT2D eigenvalue weighted by Gasteiger charge is -2.09. The lowest BCUT2D eigenvalue weighted by Crippen LogP contribution is -2.07. The third-order valence-electron chi connectivity index (χ3n) is 2.41. The van der Waals surface area contributed by atoms with Crippen LogP contribution in [-0.2, 0) is 6.61 Å². The van der Waals surface area contributed by atoms with E-state index in [2.05, 4.69) is 4.98 Å². The first-order chi connectivity index (χ1) is 9.09. The van der Waals surface area contributed by atoms with Gasteiger partial charge in [0.2, 0.25) is 0 Å². The number of rotatable bonds is 4. The fourth-order valence-electron chi connectivity index (χ4n) is 1.49. The molecule has 98 valence electrons. The van der Waals surface area contributed by atoms with Gasteiger partial charge in [0.05, 0.1) is 5.56 Å². The fourth-order valence-corrected chi connectivity index (χ4v) is 1.49. The van der Waals surface area contributed by atoms with Crippen molar-refractivity contribution in [3.63, 3.8) is 0 Å². The highest BCUT2D eigenvalue weighted by molar-refractivity contribution is 5.88. The highest BCUT2D eigenvalue weighted by Crippen LogP contribution is 2.19. The molecule has 0 amide bonds. The lowest BCUT2D eigenvalue weighted by atomic mass is 10.2. The van der Waals surface area contributed by atoms with Gasteiger partial charge < -0.3 is 9.84 Å². The Labute approximate surface area is 107 Å². The van der Waals surface area contributed by atoms with Crippen molar-refractivity contribution in [3.05, 3.63) is 59.4 Å². The van der Waals surface area contributed by atoms with Gasteiger partial charge in [0.25, 0.3) is 0 Å². The van der Waals surface area contributed by atoms with Gasteiger partial charge in [-0.1, -0.05) is 6.07 Å². The zero-order valence-corrected chi connectivity index (χ0v) is 9.64. The van der Waals surface area contributed by atoms with Crippen molar-refractivity contribution >= 4 is 5.97 Å². The van der Waals surface area contributed by atoms with Crippen LogP contribution in [0.4, 0.5) is 8.78 Å². The molecule has 0 bridgehead atoms. The molecule has 1 aromatic heterocycles. The summed E-state index contributed by atoms with van der Waals surface area (Å²) < 4.78 is 31.8. The number of ether oxygens (including phenoxy) is 1. The lowest BCUT2D eigenvalue weighted by molar-refractivity contribution is 0.0684. The van der Waals surface area contributed by atoms with Crippen LogP contribution in [0.25, 0.3) is 0 Å². The Bertz CT molecular complexity index is 596. The highest BCUT2D eigenvalue weighted by Gasteiger charge is 2.14. The Balaban J connectivity index is 2.22. The van der Waals surface area contributed by atoms with Crippen LogP contribution >= 0.6 is 0 Å². The van der Waals surface area contributed by atoms with E-state index in [4.69, 9.17) is 9.84 Å². The molecule has 0 radical (unpaired) electrons. The third kappa shape index (κ3) is 2.85. The molecule has 0 saturated carbocycles. The van der Waals surface area contributed by atoms with Gasteiger partial charge in [-0.05, 0) is 24.3 Å². The standard InChI is InChI=1S/C13H9F2NO3/c14-9-3-1-4-10(15)8(9)7-19-11-5-2-6-16-12(11)13(17)18/h1-6H,7H2,(H,17,18). The van der Waals surface area contributed by atoms with Gasteiger partial charge in [-0.15, -0.1) is 0 Å². The number of carbonyl (C=O) groups is 1. The number of carboxylic acid groups (broad SMARTS) is 1. The summed E-state index contributed by atoms with van der Waals surface area (Å²) in [5, 5.41) is 8.88. The quantitative estimate of drug-likeness (QED) is 0.923. The number of hydrogen-bond acceptors (Lipinski definition) is 3. The van der Waals surface area contributed by atoms with E-state index in [-0.39, 0.29) is 17.0 Å². The predicted molar refractivity (Wildman–Crippen MR) is 61.9 cm³/mol. The minimum atomic E-state index is -1.27. The van der Waals surface area contributed by atoms with Crippen molar-refractivity contribution in [1.82, 2.24) is 4.98 Å². The highest BCUT2D eigenvalue weighted by atomic mass is 19.1. The minimum Gasteiger partial charge on any atom is -0.486 e. The molecule has 6 heteroatoms. The van der Waals surface area contributed by atoms with E-state index >= 15 is 0 Å². The van der Waals surface area contributed by atoms with Gasteiger partial charge >= 0.3 is 5.97 Å². The van der Waals surface area contributed by atoms with E-state index in [0.29, 0.717) is 0 Å². The number of halogens is 2. The van der Waals surface area contributed by atoms with Gasteiger partial charge in [0.15, 0.2) is 11.4 Å². The molecule has 0 spiro atoms. The van der Waals surface area contributed by atoms with Crippen molar-refractivity contribution in [2.75, 3.05) is 0 Å². The molecule has 1 N–H and O–H groups in total. The zero-order valence-electron chi connectivity index (χ0n) is 9.64. The third-order valence-corrected chi connectivity index (χ3v) is 2.41. The number of nitrogens with zero attached hydrogens (tertiary/aromatic N) is 1. The van der Waals surface area contributed by atoms with Crippen LogP contribution in [0.1, 0.15) is 16.1 Å². The summed E-state index contributed by atoms with van der Waals surface area (Å²) in [5.41, 5.74) is -0.568.